The zero-order valence-electron chi connectivity index (χ0n) is 41.3. The molecule has 0 aromatic rings. The lowest BCUT2D eigenvalue weighted by Gasteiger charge is -2.18. The minimum Gasteiger partial charge on any atom is -0.462 e. The third kappa shape index (κ3) is 50.8. The van der Waals surface area contributed by atoms with Gasteiger partial charge in [0.2, 0.25) is 0 Å². The smallest absolute Gasteiger partial charge is 0.306 e. The average Bonchev–Trinajstić information content (AvgIpc) is 3.33. The molecule has 364 valence electrons. The van der Waals surface area contributed by atoms with Gasteiger partial charge in [-0.2, -0.15) is 0 Å². The molecule has 0 rings (SSSR count). The molecule has 0 spiro atoms. The van der Waals surface area contributed by atoms with Gasteiger partial charge in [0.15, 0.2) is 6.10 Å². The van der Waals surface area contributed by atoms with E-state index in [0.29, 0.717) is 19.3 Å². The molecule has 0 aromatic heterocycles. The van der Waals surface area contributed by atoms with Gasteiger partial charge in [-0.15, -0.1) is 0 Å². The van der Waals surface area contributed by atoms with Crippen molar-refractivity contribution in [3.8, 4) is 0 Å². The van der Waals surface area contributed by atoms with Gasteiger partial charge >= 0.3 is 17.9 Å². The molecule has 1 atom stereocenters. The summed E-state index contributed by atoms with van der Waals surface area (Å²) in [6, 6.07) is 0. The van der Waals surface area contributed by atoms with E-state index in [4.69, 9.17) is 14.2 Å². The second kappa shape index (κ2) is 52.6. The summed E-state index contributed by atoms with van der Waals surface area (Å²) in [6.07, 6.45) is 82.4. The van der Waals surface area contributed by atoms with E-state index in [9.17, 15) is 14.4 Å². The summed E-state index contributed by atoms with van der Waals surface area (Å²) in [7, 11) is 0. The minimum atomic E-state index is -0.869. The summed E-state index contributed by atoms with van der Waals surface area (Å²) < 4.78 is 16.6. The highest BCUT2D eigenvalue weighted by Crippen LogP contribution is 2.09. The van der Waals surface area contributed by atoms with Crippen LogP contribution in [-0.2, 0) is 28.6 Å². The number of carbonyl (C=O) groups excluding carboxylic acids is 3. The van der Waals surface area contributed by atoms with E-state index in [1.54, 1.807) is 0 Å². The van der Waals surface area contributed by atoms with Gasteiger partial charge < -0.3 is 14.2 Å². The number of esters is 3. The molecule has 0 heterocycles. The number of carbonyl (C=O) groups is 3. The highest BCUT2D eigenvalue weighted by Gasteiger charge is 2.19. The van der Waals surface area contributed by atoms with Crippen molar-refractivity contribution in [2.45, 2.75) is 142 Å². The van der Waals surface area contributed by atoms with Crippen LogP contribution in [0, 0.1) is 0 Å². The molecule has 6 nitrogen and oxygen atoms in total. The van der Waals surface area contributed by atoms with Crippen molar-refractivity contribution in [3.05, 3.63) is 207 Å². The van der Waals surface area contributed by atoms with Crippen molar-refractivity contribution in [2.24, 2.45) is 0 Å². The largest absolute Gasteiger partial charge is 0.462 e. The maximum Gasteiger partial charge on any atom is 0.306 e. The number of hydrogen-bond acceptors (Lipinski definition) is 6. The van der Waals surface area contributed by atoms with Crippen LogP contribution >= 0.6 is 0 Å². The summed E-state index contributed by atoms with van der Waals surface area (Å²) in [5.41, 5.74) is 0. The molecule has 0 bridgehead atoms. The summed E-state index contributed by atoms with van der Waals surface area (Å²) in [5, 5.41) is 0. The topological polar surface area (TPSA) is 78.9 Å². The summed E-state index contributed by atoms with van der Waals surface area (Å²) in [6.45, 7) is 6.03. The van der Waals surface area contributed by atoms with Crippen molar-refractivity contribution in [1.82, 2.24) is 0 Å². The molecule has 0 fully saturated rings. The van der Waals surface area contributed by atoms with Crippen LogP contribution in [0.1, 0.15) is 136 Å². The zero-order chi connectivity index (χ0) is 48.6. The molecule has 0 saturated heterocycles. The lowest BCUT2D eigenvalue weighted by Crippen LogP contribution is -2.30. The predicted molar refractivity (Wildman–Crippen MR) is 287 cm³/mol. The first-order chi connectivity index (χ1) is 33.0. The van der Waals surface area contributed by atoms with Crippen molar-refractivity contribution < 1.29 is 28.6 Å². The molecule has 0 radical (unpaired) electrons. The molecule has 0 amide bonds. The monoisotopic (exact) mass is 913 g/mol. The van der Waals surface area contributed by atoms with Crippen LogP contribution in [-0.4, -0.2) is 37.2 Å². The molecule has 1 unspecified atom stereocenters. The molecule has 0 aliphatic heterocycles. The van der Waals surface area contributed by atoms with Gasteiger partial charge in [-0.25, -0.2) is 0 Å². The Morgan fingerprint density at radius 3 is 1.04 bits per heavy atom. The average molecular weight is 913 g/mol. The lowest BCUT2D eigenvalue weighted by molar-refractivity contribution is -0.167. The number of hydrogen-bond donors (Lipinski definition) is 0. The Kier molecular flexibility index (Phi) is 47.9. The molecule has 0 N–H and O–H groups in total. The summed E-state index contributed by atoms with van der Waals surface area (Å²) in [5.74, 6) is -1.16. The van der Waals surface area contributed by atoms with Gasteiger partial charge in [-0.1, -0.05) is 234 Å². The summed E-state index contributed by atoms with van der Waals surface area (Å²) in [4.78, 5) is 37.9. The Hall–Kier alpha value is -6.01. The van der Waals surface area contributed by atoms with Crippen LogP contribution < -0.4 is 0 Å². The zero-order valence-corrected chi connectivity index (χ0v) is 41.3. The molecule has 67 heavy (non-hydrogen) atoms. The van der Waals surface area contributed by atoms with Crippen molar-refractivity contribution >= 4 is 17.9 Å². The van der Waals surface area contributed by atoms with Gasteiger partial charge in [-0.05, 0) is 89.9 Å². The first-order valence-electron chi connectivity index (χ1n) is 24.8. The standard InChI is InChI=1S/C61H84O6/c1-4-7-10-13-16-19-22-25-27-29-30-32-33-36-39-42-45-48-51-54-60(63)66-57-58(56-65-59(62)53-50-47-44-41-38-35-24-21-18-15-12-9-6-3)67-61(64)55-52-49-46-43-40-37-34-31-28-26-23-20-17-14-11-8-5-2/h7-13,15-22,24-30,32-39,41,43-44,46,58H,4-6,14,23,31,40,42,45,47-57H2,1-3H3/b10-7-,11-8-,12-9-,16-13-,18-15-,20-17-,22-19-,24-21-,27-25-,28-26-,30-29+,33-32-,37-34-,38-35-,39-36-,44-41-,46-43-. The van der Waals surface area contributed by atoms with Crippen LogP contribution in [0.2, 0.25) is 0 Å². The number of ether oxygens (including phenoxy) is 3. The van der Waals surface area contributed by atoms with Gasteiger partial charge in [0.1, 0.15) is 13.2 Å². The fraction of sp³-hybridized carbons (Fsp3) is 0.393. The maximum absolute atomic E-state index is 12.8. The van der Waals surface area contributed by atoms with E-state index in [1.807, 2.05) is 128 Å². The Balaban J connectivity index is 4.74. The van der Waals surface area contributed by atoms with Gasteiger partial charge in [0, 0.05) is 19.3 Å². The fourth-order valence-electron chi connectivity index (χ4n) is 5.49. The fourth-order valence-corrected chi connectivity index (χ4v) is 5.49. The van der Waals surface area contributed by atoms with E-state index in [-0.39, 0.29) is 44.4 Å². The van der Waals surface area contributed by atoms with Crippen molar-refractivity contribution in [3.63, 3.8) is 0 Å². The Morgan fingerprint density at radius 2 is 0.627 bits per heavy atom. The van der Waals surface area contributed by atoms with Crippen LogP contribution in [0.3, 0.4) is 0 Å². The number of unbranched alkanes of at least 4 members (excludes halogenated alkanes) is 5. The van der Waals surface area contributed by atoms with Crippen molar-refractivity contribution in [1.29, 1.82) is 0 Å². The van der Waals surface area contributed by atoms with Crippen LogP contribution in [0.4, 0.5) is 0 Å². The Labute approximate surface area is 407 Å². The Bertz CT molecular complexity index is 1760. The van der Waals surface area contributed by atoms with E-state index in [2.05, 4.69) is 99.8 Å². The van der Waals surface area contributed by atoms with Gasteiger partial charge in [-0.3, -0.25) is 14.4 Å². The molecular formula is C61H84O6. The highest BCUT2D eigenvalue weighted by molar-refractivity contribution is 5.71. The van der Waals surface area contributed by atoms with Crippen LogP contribution in [0.5, 0.6) is 0 Å². The molecule has 0 aromatic carbocycles. The minimum absolute atomic E-state index is 0.161. The molecule has 0 saturated carbocycles. The first kappa shape index (κ1) is 61.0. The van der Waals surface area contributed by atoms with Crippen LogP contribution in [0.15, 0.2) is 207 Å². The van der Waals surface area contributed by atoms with Gasteiger partial charge in [0.05, 0.1) is 0 Å². The third-order valence-electron chi connectivity index (χ3n) is 9.09. The SMILES string of the molecule is CC\C=C/C=C\C=C/C=C\C=C/CCCC(=O)OCC(COC(=O)CCCCC\C=C/C=C\C=C\C=C/C=C\C=C/C=C\CC)OC(=O)CCC/C=C\C/C=C\C/C=C\C/C=C\C/C=C\CC. The van der Waals surface area contributed by atoms with E-state index >= 15 is 0 Å². The van der Waals surface area contributed by atoms with Gasteiger partial charge in [0.25, 0.3) is 0 Å². The third-order valence-corrected chi connectivity index (χ3v) is 9.09. The van der Waals surface area contributed by atoms with E-state index < -0.39 is 12.1 Å². The van der Waals surface area contributed by atoms with E-state index in [0.717, 1.165) is 77.0 Å². The second-order valence-electron chi connectivity index (χ2n) is 15.2. The predicted octanol–water partition coefficient (Wildman–Crippen LogP) is 16.5. The maximum atomic E-state index is 12.8. The second-order valence-corrected chi connectivity index (χ2v) is 15.2. The molecule has 0 aliphatic carbocycles. The molecular weight excluding hydrogens is 829 g/mol. The molecule has 6 heteroatoms. The Morgan fingerprint density at radius 1 is 0.313 bits per heavy atom. The molecule has 0 aliphatic rings. The normalized spacial score (nSPS) is 13.9. The summed E-state index contributed by atoms with van der Waals surface area (Å²) >= 11 is 0. The first-order valence-corrected chi connectivity index (χ1v) is 24.8. The number of rotatable bonds is 40. The van der Waals surface area contributed by atoms with Crippen LogP contribution in [0.25, 0.3) is 0 Å². The lowest BCUT2D eigenvalue weighted by atomic mass is 10.1. The highest BCUT2D eigenvalue weighted by atomic mass is 16.6. The quantitative estimate of drug-likeness (QED) is 0.0200. The van der Waals surface area contributed by atoms with E-state index in [1.165, 1.54) is 0 Å². The number of allylic oxidation sites excluding steroid dienone is 34. The van der Waals surface area contributed by atoms with Crippen molar-refractivity contribution in [2.75, 3.05) is 13.2 Å².